The van der Waals surface area contributed by atoms with Crippen LogP contribution in [0.4, 0.5) is 0 Å². The van der Waals surface area contributed by atoms with E-state index in [1.807, 2.05) is 18.5 Å². The summed E-state index contributed by atoms with van der Waals surface area (Å²) in [5, 5.41) is 6.73. The van der Waals surface area contributed by atoms with Crippen molar-refractivity contribution < 1.29 is 0 Å². The Labute approximate surface area is 170 Å². The standard InChI is InChI=1S/C19H33N5.HI/c1-3-21-19(23-12-7-18-6-4-10-20-16-18)22-11-5-13-24-14-8-17(2)9-15-24;/h4,6,10,16-17H,3,5,7-9,11-15H2,1-2H3,(H2,21,22,23);1H. The monoisotopic (exact) mass is 459 g/mol. The van der Waals surface area contributed by atoms with Crippen LogP contribution in [-0.2, 0) is 6.42 Å². The van der Waals surface area contributed by atoms with Gasteiger partial charge in [0, 0.05) is 32.0 Å². The quantitative estimate of drug-likeness (QED) is 0.272. The van der Waals surface area contributed by atoms with Crippen LogP contribution in [0.3, 0.4) is 0 Å². The van der Waals surface area contributed by atoms with Crippen LogP contribution in [0.2, 0.25) is 0 Å². The van der Waals surface area contributed by atoms with Crippen molar-refractivity contribution in [1.29, 1.82) is 0 Å². The highest BCUT2D eigenvalue weighted by atomic mass is 127. The van der Waals surface area contributed by atoms with E-state index in [1.165, 1.54) is 38.0 Å². The van der Waals surface area contributed by atoms with Crippen LogP contribution in [0.1, 0.15) is 38.7 Å². The van der Waals surface area contributed by atoms with Crippen LogP contribution < -0.4 is 10.6 Å². The molecule has 142 valence electrons. The van der Waals surface area contributed by atoms with Gasteiger partial charge in [0.2, 0.25) is 0 Å². The number of nitrogens with zero attached hydrogens (tertiary/aromatic N) is 3. The van der Waals surface area contributed by atoms with Crippen molar-refractivity contribution >= 4 is 29.9 Å². The van der Waals surface area contributed by atoms with Gasteiger partial charge in [-0.05, 0) is 69.8 Å². The molecule has 2 heterocycles. The Kier molecular flexibility index (Phi) is 11.8. The fourth-order valence-corrected chi connectivity index (χ4v) is 2.98. The molecule has 0 unspecified atom stereocenters. The Morgan fingerprint density at radius 3 is 2.80 bits per heavy atom. The van der Waals surface area contributed by atoms with Crippen molar-refractivity contribution in [1.82, 2.24) is 20.5 Å². The molecule has 2 rings (SSSR count). The Hall–Kier alpha value is -0.890. The van der Waals surface area contributed by atoms with Gasteiger partial charge in [0.25, 0.3) is 0 Å². The van der Waals surface area contributed by atoms with Crippen LogP contribution in [0.5, 0.6) is 0 Å². The third-order valence-corrected chi connectivity index (χ3v) is 4.55. The van der Waals surface area contributed by atoms with E-state index in [1.54, 1.807) is 0 Å². The molecule has 25 heavy (non-hydrogen) atoms. The predicted molar refractivity (Wildman–Crippen MR) is 117 cm³/mol. The highest BCUT2D eigenvalue weighted by Crippen LogP contribution is 2.15. The molecule has 1 aliphatic heterocycles. The van der Waals surface area contributed by atoms with Gasteiger partial charge in [-0.25, -0.2) is 0 Å². The fraction of sp³-hybridized carbons (Fsp3) is 0.684. The van der Waals surface area contributed by atoms with E-state index in [2.05, 4.69) is 40.4 Å². The molecule has 0 radical (unpaired) electrons. The highest BCUT2D eigenvalue weighted by Gasteiger charge is 2.14. The lowest BCUT2D eigenvalue weighted by Crippen LogP contribution is -2.38. The summed E-state index contributed by atoms with van der Waals surface area (Å²) in [5.74, 6) is 1.83. The van der Waals surface area contributed by atoms with Crippen molar-refractivity contribution in [2.75, 3.05) is 39.3 Å². The summed E-state index contributed by atoms with van der Waals surface area (Å²) in [7, 11) is 0. The number of nitrogens with one attached hydrogen (secondary N) is 2. The largest absolute Gasteiger partial charge is 0.357 e. The van der Waals surface area contributed by atoms with Gasteiger partial charge in [-0.1, -0.05) is 13.0 Å². The molecule has 0 bridgehead atoms. The number of piperidine rings is 1. The molecule has 1 fully saturated rings. The van der Waals surface area contributed by atoms with E-state index in [4.69, 9.17) is 4.99 Å². The Morgan fingerprint density at radius 1 is 1.32 bits per heavy atom. The average molecular weight is 459 g/mol. The molecule has 6 heteroatoms. The van der Waals surface area contributed by atoms with Crippen LogP contribution >= 0.6 is 24.0 Å². The lowest BCUT2D eigenvalue weighted by molar-refractivity contribution is 0.192. The molecule has 1 aliphatic rings. The highest BCUT2D eigenvalue weighted by molar-refractivity contribution is 14.0. The summed E-state index contributed by atoms with van der Waals surface area (Å²) < 4.78 is 0. The van der Waals surface area contributed by atoms with E-state index < -0.39 is 0 Å². The molecule has 1 saturated heterocycles. The smallest absolute Gasteiger partial charge is 0.191 e. The van der Waals surface area contributed by atoms with Gasteiger partial charge in [0.05, 0.1) is 0 Å². The maximum atomic E-state index is 4.70. The van der Waals surface area contributed by atoms with E-state index in [0.717, 1.165) is 44.4 Å². The minimum atomic E-state index is 0. The molecule has 5 nitrogen and oxygen atoms in total. The van der Waals surface area contributed by atoms with Gasteiger partial charge in [-0.2, -0.15) is 0 Å². The Balaban J connectivity index is 0.00000312. The third-order valence-electron chi connectivity index (χ3n) is 4.55. The second-order valence-electron chi connectivity index (χ2n) is 6.68. The first-order chi connectivity index (χ1) is 11.8. The molecule has 0 aliphatic carbocycles. The van der Waals surface area contributed by atoms with E-state index in [9.17, 15) is 0 Å². The number of hydrogen-bond donors (Lipinski definition) is 2. The first-order valence-corrected chi connectivity index (χ1v) is 9.41. The summed E-state index contributed by atoms with van der Waals surface area (Å²) in [6.07, 6.45) is 8.53. The van der Waals surface area contributed by atoms with Crippen molar-refractivity contribution in [3.8, 4) is 0 Å². The first kappa shape index (κ1) is 22.2. The molecule has 0 spiro atoms. The topological polar surface area (TPSA) is 52.6 Å². The molecule has 0 saturated carbocycles. The number of guanidine groups is 1. The first-order valence-electron chi connectivity index (χ1n) is 9.41. The number of likely N-dealkylation sites (tertiary alicyclic amines) is 1. The van der Waals surface area contributed by atoms with Gasteiger partial charge in [-0.15, -0.1) is 24.0 Å². The zero-order chi connectivity index (χ0) is 17.0. The molecule has 2 N–H and O–H groups in total. The molecular weight excluding hydrogens is 425 g/mol. The van der Waals surface area contributed by atoms with Crippen molar-refractivity contribution in [2.24, 2.45) is 10.9 Å². The number of hydrogen-bond acceptors (Lipinski definition) is 3. The third kappa shape index (κ3) is 9.39. The molecule has 0 atom stereocenters. The number of aromatic nitrogens is 1. The fourth-order valence-electron chi connectivity index (χ4n) is 2.98. The van der Waals surface area contributed by atoms with E-state index in [-0.39, 0.29) is 24.0 Å². The lowest BCUT2D eigenvalue weighted by atomic mass is 9.99. The minimum Gasteiger partial charge on any atom is -0.357 e. The second kappa shape index (κ2) is 13.3. The van der Waals surface area contributed by atoms with Crippen LogP contribution in [0.15, 0.2) is 29.5 Å². The molecular formula is C19H34IN5. The summed E-state index contributed by atoms with van der Waals surface area (Å²) in [5.41, 5.74) is 1.25. The Morgan fingerprint density at radius 2 is 2.12 bits per heavy atom. The van der Waals surface area contributed by atoms with Crippen molar-refractivity contribution in [2.45, 2.75) is 39.5 Å². The Bertz CT molecular complexity index is 472. The normalized spacial score (nSPS) is 16.3. The number of pyridine rings is 1. The van der Waals surface area contributed by atoms with Crippen molar-refractivity contribution in [3.63, 3.8) is 0 Å². The number of aliphatic imine (C=N–C) groups is 1. The van der Waals surface area contributed by atoms with Crippen LogP contribution in [-0.4, -0.2) is 55.1 Å². The minimum absolute atomic E-state index is 0. The number of rotatable bonds is 8. The SMILES string of the molecule is CCNC(=NCCCN1CCC(C)CC1)NCCc1cccnc1.I. The van der Waals surface area contributed by atoms with Gasteiger partial charge < -0.3 is 15.5 Å². The lowest BCUT2D eigenvalue weighted by Gasteiger charge is -2.29. The van der Waals surface area contributed by atoms with Gasteiger partial charge >= 0.3 is 0 Å². The second-order valence-corrected chi connectivity index (χ2v) is 6.68. The summed E-state index contributed by atoms with van der Waals surface area (Å²) in [4.78, 5) is 11.4. The molecule has 1 aromatic heterocycles. The molecule has 0 aromatic carbocycles. The average Bonchev–Trinajstić information content (AvgIpc) is 2.61. The van der Waals surface area contributed by atoms with Gasteiger partial charge in [-0.3, -0.25) is 9.98 Å². The summed E-state index contributed by atoms with van der Waals surface area (Å²) in [6.45, 7) is 10.8. The summed E-state index contributed by atoms with van der Waals surface area (Å²) in [6, 6.07) is 4.09. The summed E-state index contributed by atoms with van der Waals surface area (Å²) >= 11 is 0. The number of halogens is 1. The molecule has 1 aromatic rings. The maximum absolute atomic E-state index is 4.70. The zero-order valence-corrected chi connectivity index (χ0v) is 18.0. The van der Waals surface area contributed by atoms with E-state index in [0.29, 0.717) is 0 Å². The van der Waals surface area contributed by atoms with Crippen LogP contribution in [0.25, 0.3) is 0 Å². The maximum Gasteiger partial charge on any atom is 0.191 e. The zero-order valence-electron chi connectivity index (χ0n) is 15.7. The predicted octanol–water partition coefficient (Wildman–Crippen LogP) is 2.92. The molecule has 0 amide bonds. The van der Waals surface area contributed by atoms with Gasteiger partial charge in [0.15, 0.2) is 5.96 Å². The van der Waals surface area contributed by atoms with Crippen LogP contribution in [0, 0.1) is 5.92 Å². The van der Waals surface area contributed by atoms with E-state index >= 15 is 0 Å². The van der Waals surface area contributed by atoms with Crippen molar-refractivity contribution in [3.05, 3.63) is 30.1 Å². The van der Waals surface area contributed by atoms with Gasteiger partial charge in [0.1, 0.15) is 0 Å².